The number of amides is 2. The van der Waals surface area contributed by atoms with Crippen molar-refractivity contribution in [3.63, 3.8) is 0 Å². The standard InChI is InChI=1S/C24H19FNO3/c1-15-6-8-16(9-7-15)22(17-10-12-18(25)13-11-17)21(27)14-26-23(28)19-4-2-3-5-20(19)24(26)29/h2-13,21-22,27H,1,14H2/t21-,22+/m0/s1. The van der Waals surface area contributed by atoms with Gasteiger partial charge in [-0.05, 0) is 47.9 Å². The van der Waals surface area contributed by atoms with Crippen LogP contribution in [0.3, 0.4) is 0 Å². The van der Waals surface area contributed by atoms with Crippen molar-refractivity contribution < 1.29 is 19.1 Å². The Labute approximate surface area is 168 Å². The second-order valence-corrected chi connectivity index (χ2v) is 7.10. The number of nitrogens with zero attached hydrogens (tertiary/aromatic N) is 1. The van der Waals surface area contributed by atoms with E-state index in [1.165, 1.54) is 12.1 Å². The van der Waals surface area contributed by atoms with Crippen LogP contribution in [0.2, 0.25) is 0 Å². The van der Waals surface area contributed by atoms with Crippen LogP contribution < -0.4 is 0 Å². The van der Waals surface area contributed by atoms with Crippen LogP contribution in [0.25, 0.3) is 0 Å². The second kappa shape index (κ2) is 7.60. The third-order valence-electron chi connectivity index (χ3n) is 5.20. The van der Waals surface area contributed by atoms with Crippen LogP contribution >= 0.6 is 0 Å². The minimum atomic E-state index is -1.07. The summed E-state index contributed by atoms with van der Waals surface area (Å²) in [6.07, 6.45) is -1.07. The molecule has 2 amide bonds. The molecule has 0 fully saturated rings. The van der Waals surface area contributed by atoms with Gasteiger partial charge < -0.3 is 5.11 Å². The Balaban J connectivity index is 1.66. The first-order valence-electron chi connectivity index (χ1n) is 9.26. The average molecular weight is 388 g/mol. The summed E-state index contributed by atoms with van der Waals surface area (Å²) in [7, 11) is 0. The highest BCUT2D eigenvalue weighted by Gasteiger charge is 2.38. The van der Waals surface area contributed by atoms with E-state index in [0.717, 1.165) is 16.0 Å². The molecule has 1 aliphatic heterocycles. The lowest BCUT2D eigenvalue weighted by molar-refractivity contribution is 0.0523. The van der Waals surface area contributed by atoms with E-state index in [0.29, 0.717) is 16.7 Å². The number of aliphatic hydroxyl groups excluding tert-OH is 1. The van der Waals surface area contributed by atoms with E-state index >= 15 is 0 Å². The van der Waals surface area contributed by atoms with Gasteiger partial charge in [0.25, 0.3) is 11.8 Å². The molecule has 0 spiro atoms. The van der Waals surface area contributed by atoms with Crippen molar-refractivity contribution in [2.24, 2.45) is 0 Å². The number of aliphatic hydroxyl groups is 1. The monoisotopic (exact) mass is 388 g/mol. The molecule has 3 aromatic rings. The van der Waals surface area contributed by atoms with Crippen LogP contribution in [-0.2, 0) is 0 Å². The van der Waals surface area contributed by atoms with E-state index in [2.05, 4.69) is 6.92 Å². The number of rotatable bonds is 5. The van der Waals surface area contributed by atoms with Gasteiger partial charge in [0.05, 0.1) is 23.8 Å². The lowest BCUT2D eigenvalue weighted by atomic mass is 9.86. The summed E-state index contributed by atoms with van der Waals surface area (Å²) >= 11 is 0. The molecule has 1 N–H and O–H groups in total. The summed E-state index contributed by atoms with van der Waals surface area (Å²) in [4.78, 5) is 26.4. The molecule has 0 aromatic heterocycles. The zero-order chi connectivity index (χ0) is 20.5. The zero-order valence-electron chi connectivity index (χ0n) is 15.6. The molecule has 5 heteroatoms. The fourth-order valence-electron chi connectivity index (χ4n) is 3.73. The number of β-amino-alcohol motifs (C(OH)–C–C–N with tert-alkyl or cyclic N) is 1. The first-order chi connectivity index (χ1) is 14.0. The molecule has 0 aliphatic carbocycles. The first kappa shape index (κ1) is 19.0. The van der Waals surface area contributed by atoms with Crippen LogP contribution in [0.4, 0.5) is 4.39 Å². The van der Waals surface area contributed by atoms with Crippen LogP contribution in [-0.4, -0.2) is 34.5 Å². The van der Waals surface area contributed by atoms with Gasteiger partial charge in [-0.25, -0.2) is 4.39 Å². The lowest BCUT2D eigenvalue weighted by Crippen LogP contribution is -2.39. The molecular formula is C24H19FNO3. The molecule has 4 rings (SSSR count). The fraction of sp³-hybridized carbons (Fsp3) is 0.125. The summed E-state index contributed by atoms with van der Waals surface area (Å²) in [5, 5.41) is 11.1. The molecule has 0 bridgehead atoms. The Kier molecular flexibility index (Phi) is 4.99. The Morgan fingerprint density at radius 2 is 1.31 bits per heavy atom. The third kappa shape index (κ3) is 3.57. The van der Waals surface area contributed by atoms with Crippen molar-refractivity contribution in [3.8, 4) is 0 Å². The Morgan fingerprint density at radius 1 is 0.828 bits per heavy atom. The molecule has 1 radical (unpaired) electrons. The minimum Gasteiger partial charge on any atom is -0.390 e. The Morgan fingerprint density at radius 3 is 1.83 bits per heavy atom. The third-order valence-corrected chi connectivity index (χ3v) is 5.20. The van der Waals surface area contributed by atoms with Crippen molar-refractivity contribution in [2.45, 2.75) is 12.0 Å². The maximum Gasteiger partial charge on any atom is 0.261 e. The van der Waals surface area contributed by atoms with Crippen LogP contribution in [0.5, 0.6) is 0 Å². The maximum absolute atomic E-state index is 13.4. The minimum absolute atomic E-state index is 0.166. The molecule has 0 saturated carbocycles. The summed E-state index contributed by atoms with van der Waals surface area (Å²) in [6.45, 7) is 3.70. The van der Waals surface area contributed by atoms with E-state index in [-0.39, 0.29) is 12.4 Å². The van der Waals surface area contributed by atoms with E-state index < -0.39 is 23.8 Å². The highest BCUT2D eigenvalue weighted by atomic mass is 19.1. The van der Waals surface area contributed by atoms with Gasteiger partial charge in [0.1, 0.15) is 5.82 Å². The van der Waals surface area contributed by atoms with Crippen molar-refractivity contribution in [1.29, 1.82) is 0 Å². The van der Waals surface area contributed by atoms with Gasteiger partial charge >= 0.3 is 0 Å². The largest absolute Gasteiger partial charge is 0.390 e. The average Bonchev–Trinajstić information content (AvgIpc) is 2.96. The second-order valence-electron chi connectivity index (χ2n) is 7.10. The van der Waals surface area contributed by atoms with Crippen LogP contribution in [0.15, 0.2) is 72.8 Å². The van der Waals surface area contributed by atoms with Gasteiger partial charge in [-0.1, -0.05) is 48.5 Å². The normalized spacial score (nSPS) is 15.3. The number of fused-ring (bicyclic) bond motifs is 1. The van der Waals surface area contributed by atoms with Gasteiger partial charge in [-0.15, -0.1) is 0 Å². The van der Waals surface area contributed by atoms with Crippen LogP contribution in [0.1, 0.15) is 43.3 Å². The van der Waals surface area contributed by atoms with Crippen LogP contribution in [0, 0.1) is 12.7 Å². The number of halogens is 1. The van der Waals surface area contributed by atoms with Crippen molar-refractivity contribution in [2.75, 3.05) is 6.54 Å². The highest BCUT2D eigenvalue weighted by Crippen LogP contribution is 2.31. The molecule has 0 unspecified atom stereocenters. The number of carbonyl (C=O) groups is 2. The first-order valence-corrected chi connectivity index (χ1v) is 9.26. The summed E-state index contributed by atoms with van der Waals surface area (Å²) in [6, 6.07) is 19.8. The molecule has 4 nitrogen and oxygen atoms in total. The summed E-state index contributed by atoms with van der Waals surface area (Å²) < 4.78 is 13.4. The smallest absolute Gasteiger partial charge is 0.261 e. The fourth-order valence-corrected chi connectivity index (χ4v) is 3.73. The Hall–Kier alpha value is -3.31. The predicted octanol–water partition coefficient (Wildman–Crippen LogP) is 3.80. The number of carbonyl (C=O) groups excluding carboxylic acids is 2. The molecule has 2 atom stereocenters. The predicted molar refractivity (Wildman–Crippen MR) is 107 cm³/mol. The van der Waals surface area contributed by atoms with Gasteiger partial charge in [0.15, 0.2) is 0 Å². The topological polar surface area (TPSA) is 57.6 Å². The SMILES string of the molecule is [CH2]c1ccc([C@H](c2ccc(F)cc2)[C@@H](O)CN2C(=O)c3ccccc3C2=O)cc1. The van der Waals surface area contributed by atoms with E-state index in [1.807, 2.05) is 24.3 Å². The molecular weight excluding hydrogens is 369 g/mol. The molecule has 1 heterocycles. The maximum atomic E-state index is 13.4. The summed E-state index contributed by atoms with van der Waals surface area (Å²) in [5.74, 6) is -1.76. The molecule has 29 heavy (non-hydrogen) atoms. The number of hydrogen-bond donors (Lipinski definition) is 1. The number of benzene rings is 3. The van der Waals surface area contributed by atoms with Gasteiger partial charge in [0, 0.05) is 5.92 Å². The number of hydrogen-bond acceptors (Lipinski definition) is 3. The molecule has 145 valence electrons. The van der Waals surface area contributed by atoms with Crippen molar-refractivity contribution >= 4 is 11.8 Å². The lowest BCUT2D eigenvalue weighted by Gasteiger charge is -2.27. The zero-order valence-corrected chi connectivity index (χ0v) is 15.6. The molecule has 0 saturated heterocycles. The molecule has 3 aromatic carbocycles. The quantitative estimate of drug-likeness (QED) is 0.677. The highest BCUT2D eigenvalue weighted by molar-refractivity contribution is 6.21. The number of imide groups is 1. The van der Waals surface area contributed by atoms with Crippen molar-refractivity contribution in [3.05, 3.63) is 113 Å². The van der Waals surface area contributed by atoms with Gasteiger partial charge in [0.2, 0.25) is 0 Å². The van der Waals surface area contributed by atoms with Gasteiger partial charge in [-0.3, -0.25) is 14.5 Å². The van der Waals surface area contributed by atoms with E-state index in [4.69, 9.17) is 0 Å². The summed E-state index contributed by atoms with van der Waals surface area (Å²) in [5.41, 5.74) is 2.97. The molecule has 1 aliphatic rings. The van der Waals surface area contributed by atoms with E-state index in [1.54, 1.807) is 36.4 Å². The van der Waals surface area contributed by atoms with Gasteiger partial charge in [-0.2, -0.15) is 0 Å². The Bertz CT molecular complexity index is 980. The van der Waals surface area contributed by atoms with E-state index in [9.17, 15) is 19.1 Å². The van der Waals surface area contributed by atoms with Crippen molar-refractivity contribution in [1.82, 2.24) is 4.90 Å².